The second-order valence-corrected chi connectivity index (χ2v) is 7.63. The quantitative estimate of drug-likeness (QED) is 0.286. The highest BCUT2D eigenvalue weighted by molar-refractivity contribution is 5.91. The fourth-order valence-corrected chi connectivity index (χ4v) is 2.44. The Morgan fingerprint density at radius 2 is 1.80 bits per heavy atom. The summed E-state index contributed by atoms with van der Waals surface area (Å²) in [6.07, 6.45) is -2.38. The van der Waals surface area contributed by atoms with Crippen molar-refractivity contribution in [3.05, 3.63) is 29.8 Å². The van der Waals surface area contributed by atoms with Crippen LogP contribution in [0.2, 0.25) is 0 Å². The number of aliphatic hydroxyl groups is 1. The molecule has 164 valence electrons. The summed E-state index contributed by atoms with van der Waals surface area (Å²) in [6, 6.07) is 6.02. The highest BCUT2D eigenvalue weighted by Crippen LogP contribution is 2.19. The molecule has 0 saturated carbocycles. The van der Waals surface area contributed by atoms with Gasteiger partial charge < -0.3 is 20.5 Å². The first-order valence-corrected chi connectivity index (χ1v) is 9.31. The molecule has 2 atom stereocenters. The van der Waals surface area contributed by atoms with E-state index in [1.807, 2.05) is 0 Å². The van der Waals surface area contributed by atoms with E-state index < -0.39 is 41.7 Å². The van der Waals surface area contributed by atoms with Crippen LogP contribution in [-0.4, -0.2) is 65.9 Å². The maximum Gasteiger partial charge on any atom is 0.276 e. The molecule has 3 amide bonds. The Morgan fingerprint density at radius 3 is 2.30 bits per heavy atom. The van der Waals surface area contributed by atoms with E-state index in [4.69, 9.17) is 4.74 Å². The van der Waals surface area contributed by atoms with E-state index in [9.17, 15) is 24.7 Å². The molecule has 1 rings (SSSR count). The first-order chi connectivity index (χ1) is 14.0. The van der Waals surface area contributed by atoms with Crippen molar-refractivity contribution < 1.29 is 29.4 Å². The summed E-state index contributed by atoms with van der Waals surface area (Å²) < 4.78 is 5.04. The molecule has 0 aliphatic heterocycles. The first-order valence-electron chi connectivity index (χ1n) is 9.31. The van der Waals surface area contributed by atoms with Crippen LogP contribution in [0.3, 0.4) is 0 Å². The van der Waals surface area contributed by atoms with Crippen LogP contribution in [0.4, 0.5) is 0 Å². The van der Waals surface area contributed by atoms with Crippen molar-refractivity contribution in [3.8, 4) is 17.6 Å². The van der Waals surface area contributed by atoms with Gasteiger partial charge in [-0.15, -0.1) is 0 Å². The molecule has 0 heterocycles. The van der Waals surface area contributed by atoms with Crippen molar-refractivity contribution in [2.75, 3.05) is 20.7 Å². The maximum atomic E-state index is 12.2. The normalized spacial score (nSPS) is 12.6. The summed E-state index contributed by atoms with van der Waals surface area (Å²) in [7, 11) is 2.99. The lowest BCUT2D eigenvalue weighted by Gasteiger charge is -2.30. The number of nitrogens with one attached hydrogen (secondary N) is 2. The molecule has 0 unspecified atom stereocenters. The van der Waals surface area contributed by atoms with Gasteiger partial charge in [-0.1, -0.05) is 32.6 Å². The van der Waals surface area contributed by atoms with E-state index in [1.54, 1.807) is 52.1 Å². The van der Waals surface area contributed by atoms with Gasteiger partial charge in [-0.3, -0.25) is 19.6 Å². The number of hydrogen-bond acceptors (Lipinski definition) is 6. The number of rotatable bonds is 7. The SMILES string of the molecule is CNC(=O)[C@@H](NC(=O)C[C@H](O)C(=O)N(O)CC#Cc1ccc(OC)cc1)C(C)(C)C. The van der Waals surface area contributed by atoms with Crippen LogP contribution in [0.15, 0.2) is 24.3 Å². The molecule has 0 saturated heterocycles. The van der Waals surface area contributed by atoms with E-state index in [2.05, 4.69) is 22.5 Å². The summed E-state index contributed by atoms with van der Waals surface area (Å²) in [4.78, 5) is 36.2. The molecular formula is C21H29N3O6. The van der Waals surface area contributed by atoms with Crippen LogP contribution in [-0.2, 0) is 14.4 Å². The summed E-state index contributed by atoms with van der Waals surface area (Å²) in [5.74, 6) is 3.87. The third-order valence-corrected chi connectivity index (χ3v) is 4.15. The minimum Gasteiger partial charge on any atom is -0.497 e. The Labute approximate surface area is 176 Å². The summed E-state index contributed by atoms with van der Waals surface area (Å²) in [6.45, 7) is 4.95. The Morgan fingerprint density at radius 1 is 1.20 bits per heavy atom. The van der Waals surface area contributed by atoms with Crippen LogP contribution < -0.4 is 15.4 Å². The van der Waals surface area contributed by atoms with Gasteiger partial charge in [-0.2, -0.15) is 0 Å². The lowest BCUT2D eigenvalue weighted by atomic mass is 9.86. The maximum absolute atomic E-state index is 12.2. The zero-order valence-electron chi connectivity index (χ0n) is 17.9. The summed E-state index contributed by atoms with van der Waals surface area (Å²) >= 11 is 0. The van der Waals surface area contributed by atoms with Gasteiger partial charge in [0.25, 0.3) is 5.91 Å². The molecule has 0 bridgehead atoms. The van der Waals surface area contributed by atoms with Gasteiger partial charge in [-0.05, 0) is 29.7 Å². The Balaban J connectivity index is 2.62. The largest absolute Gasteiger partial charge is 0.497 e. The van der Waals surface area contributed by atoms with E-state index >= 15 is 0 Å². The molecule has 0 aliphatic carbocycles. The number of amides is 3. The number of hydroxylamine groups is 2. The zero-order valence-corrected chi connectivity index (χ0v) is 17.9. The molecule has 0 spiro atoms. The molecule has 0 radical (unpaired) electrons. The molecule has 1 aromatic rings. The van der Waals surface area contributed by atoms with E-state index in [0.717, 1.165) is 0 Å². The topological polar surface area (TPSA) is 128 Å². The van der Waals surface area contributed by atoms with E-state index in [1.165, 1.54) is 7.05 Å². The van der Waals surface area contributed by atoms with Crippen molar-refractivity contribution in [3.63, 3.8) is 0 Å². The van der Waals surface area contributed by atoms with Crippen molar-refractivity contribution in [2.45, 2.75) is 39.3 Å². The Kier molecular flexibility index (Phi) is 9.30. The molecule has 0 aliphatic rings. The second-order valence-electron chi connectivity index (χ2n) is 7.63. The average molecular weight is 419 g/mol. The third kappa shape index (κ3) is 7.73. The fraction of sp³-hybridized carbons (Fsp3) is 0.476. The van der Waals surface area contributed by atoms with Gasteiger partial charge in [0.15, 0.2) is 0 Å². The number of benzene rings is 1. The summed E-state index contributed by atoms with van der Waals surface area (Å²) in [5.41, 5.74) is 0.0733. The number of aliphatic hydroxyl groups excluding tert-OH is 1. The number of hydrogen-bond donors (Lipinski definition) is 4. The van der Waals surface area contributed by atoms with Crippen molar-refractivity contribution in [1.29, 1.82) is 0 Å². The van der Waals surface area contributed by atoms with Gasteiger partial charge in [0.2, 0.25) is 11.8 Å². The van der Waals surface area contributed by atoms with Crippen LogP contribution in [0.5, 0.6) is 5.75 Å². The number of carbonyl (C=O) groups is 3. The Hall–Kier alpha value is -3.09. The number of ether oxygens (including phenoxy) is 1. The van der Waals surface area contributed by atoms with Gasteiger partial charge >= 0.3 is 0 Å². The first kappa shape index (κ1) is 24.9. The number of likely N-dealkylation sites (N-methyl/N-ethyl adjacent to an activating group) is 1. The van der Waals surface area contributed by atoms with Gasteiger partial charge in [0, 0.05) is 12.6 Å². The van der Waals surface area contributed by atoms with Crippen LogP contribution in [0.25, 0.3) is 0 Å². The lowest BCUT2D eigenvalue weighted by molar-refractivity contribution is -0.173. The lowest BCUT2D eigenvalue weighted by Crippen LogP contribution is -2.53. The van der Waals surface area contributed by atoms with E-state index in [0.29, 0.717) is 11.3 Å². The van der Waals surface area contributed by atoms with E-state index in [-0.39, 0.29) is 11.6 Å². The zero-order chi connectivity index (χ0) is 22.9. The monoisotopic (exact) mass is 419 g/mol. The summed E-state index contributed by atoms with van der Waals surface area (Å²) in [5, 5.41) is 25.0. The smallest absolute Gasteiger partial charge is 0.276 e. The second kappa shape index (κ2) is 11.2. The fourth-order valence-electron chi connectivity index (χ4n) is 2.44. The van der Waals surface area contributed by atoms with Crippen molar-refractivity contribution in [2.24, 2.45) is 5.41 Å². The standard InChI is InChI=1S/C21H29N3O6/c1-21(2,3)18(19(27)22-4)23-17(26)13-16(25)20(28)24(29)12-6-7-14-8-10-15(30-5)11-9-14/h8-11,16,18,25,29H,12-13H2,1-5H3,(H,22,27)(H,23,26)/t16-,18+/m0/s1. The van der Waals surface area contributed by atoms with Crippen molar-refractivity contribution >= 4 is 17.7 Å². The molecule has 1 aromatic carbocycles. The molecule has 0 fully saturated rings. The number of nitrogens with zero attached hydrogens (tertiary/aromatic N) is 1. The minimum absolute atomic E-state index is 0.245. The van der Waals surface area contributed by atoms with Crippen LogP contribution in [0.1, 0.15) is 32.8 Å². The van der Waals surface area contributed by atoms with Gasteiger partial charge in [0.05, 0.1) is 13.5 Å². The average Bonchev–Trinajstić information content (AvgIpc) is 2.70. The minimum atomic E-state index is -1.77. The van der Waals surface area contributed by atoms with Gasteiger partial charge in [0.1, 0.15) is 24.4 Å². The number of carbonyl (C=O) groups excluding carboxylic acids is 3. The van der Waals surface area contributed by atoms with Crippen molar-refractivity contribution in [1.82, 2.24) is 15.7 Å². The van der Waals surface area contributed by atoms with Crippen LogP contribution >= 0.6 is 0 Å². The predicted octanol–water partition coefficient (Wildman–Crippen LogP) is 0.292. The highest BCUT2D eigenvalue weighted by atomic mass is 16.5. The molecular weight excluding hydrogens is 390 g/mol. The van der Waals surface area contributed by atoms with Gasteiger partial charge in [-0.25, -0.2) is 5.06 Å². The molecule has 9 heteroatoms. The molecule has 4 N–H and O–H groups in total. The highest BCUT2D eigenvalue weighted by Gasteiger charge is 2.33. The molecule has 30 heavy (non-hydrogen) atoms. The molecule has 9 nitrogen and oxygen atoms in total. The third-order valence-electron chi connectivity index (χ3n) is 4.15. The number of methoxy groups -OCH3 is 1. The molecule has 0 aromatic heterocycles. The Bertz CT molecular complexity index is 805. The predicted molar refractivity (Wildman–Crippen MR) is 109 cm³/mol. The van der Waals surface area contributed by atoms with Crippen LogP contribution in [0, 0.1) is 17.3 Å².